The lowest BCUT2D eigenvalue weighted by Gasteiger charge is -2.20. The Balaban J connectivity index is 1.96. The second-order valence-corrected chi connectivity index (χ2v) is 8.46. The molecule has 8 heteroatoms. The first-order valence-electron chi connectivity index (χ1n) is 8.98. The Labute approximate surface area is 155 Å². The van der Waals surface area contributed by atoms with Crippen molar-refractivity contribution < 1.29 is 18.0 Å². The normalized spacial score (nSPS) is 17.2. The maximum atomic E-state index is 12.4. The van der Waals surface area contributed by atoms with Crippen LogP contribution >= 0.6 is 0 Å². The molecule has 1 aliphatic carbocycles. The van der Waals surface area contributed by atoms with Gasteiger partial charge in [0, 0.05) is 18.7 Å². The molecule has 0 aliphatic heterocycles. The van der Waals surface area contributed by atoms with E-state index in [1.807, 2.05) is 0 Å². The second-order valence-electron chi connectivity index (χ2n) is 6.75. The molecule has 26 heavy (non-hydrogen) atoms. The molecule has 1 saturated carbocycles. The molecule has 1 aliphatic rings. The highest BCUT2D eigenvalue weighted by Crippen LogP contribution is 2.18. The van der Waals surface area contributed by atoms with Crippen molar-refractivity contribution >= 4 is 27.5 Å². The van der Waals surface area contributed by atoms with Crippen LogP contribution in [0.3, 0.4) is 0 Å². The first-order valence-corrected chi connectivity index (χ1v) is 10.5. The standard InChI is InChI=1S/C18H27N3O4S/c1-13(18(23)20-15-7-5-3-4-6-8-15)21-26(24,25)17-11-9-16(10-12-17)19-14(2)22/h9-13,15,21H,3-8H2,1-2H3,(H,19,22)(H,20,23). The summed E-state index contributed by atoms with van der Waals surface area (Å²) >= 11 is 0. The molecule has 1 aromatic rings. The molecule has 0 bridgehead atoms. The van der Waals surface area contributed by atoms with Gasteiger partial charge >= 0.3 is 0 Å². The SMILES string of the molecule is CC(=O)Nc1ccc(S(=O)(=O)NC(C)C(=O)NC2CCCCCC2)cc1. The molecular formula is C18H27N3O4S. The number of carbonyl (C=O) groups is 2. The van der Waals surface area contributed by atoms with Crippen LogP contribution < -0.4 is 15.4 Å². The number of rotatable bonds is 6. The van der Waals surface area contributed by atoms with E-state index >= 15 is 0 Å². The zero-order valence-corrected chi connectivity index (χ0v) is 16.1. The van der Waals surface area contributed by atoms with Crippen LogP contribution in [0.25, 0.3) is 0 Å². The van der Waals surface area contributed by atoms with Gasteiger partial charge in [0.15, 0.2) is 0 Å². The van der Waals surface area contributed by atoms with Crippen LogP contribution in [-0.4, -0.2) is 32.3 Å². The van der Waals surface area contributed by atoms with Crippen molar-refractivity contribution in [2.24, 2.45) is 0 Å². The van der Waals surface area contributed by atoms with Gasteiger partial charge in [0.2, 0.25) is 21.8 Å². The van der Waals surface area contributed by atoms with Gasteiger partial charge in [-0.15, -0.1) is 0 Å². The van der Waals surface area contributed by atoms with Gasteiger partial charge < -0.3 is 10.6 Å². The highest BCUT2D eigenvalue weighted by atomic mass is 32.2. The van der Waals surface area contributed by atoms with E-state index in [0.717, 1.165) is 25.7 Å². The number of carbonyl (C=O) groups excluding carboxylic acids is 2. The number of amides is 2. The molecule has 1 aromatic carbocycles. The first kappa shape index (κ1) is 20.4. The van der Waals surface area contributed by atoms with E-state index in [4.69, 9.17) is 0 Å². The lowest BCUT2D eigenvalue weighted by Crippen LogP contribution is -2.47. The third-order valence-electron chi connectivity index (χ3n) is 4.41. The van der Waals surface area contributed by atoms with E-state index in [2.05, 4.69) is 15.4 Å². The minimum Gasteiger partial charge on any atom is -0.352 e. The van der Waals surface area contributed by atoms with Gasteiger partial charge in [0.25, 0.3) is 0 Å². The first-order chi connectivity index (χ1) is 12.3. The number of benzene rings is 1. The number of sulfonamides is 1. The van der Waals surface area contributed by atoms with Crippen molar-refractivity contribution in [2.45, 2.75) is 69.4 Å². The van der Waals surface area contributed by atoms with Crippen molar-refractivity contribution in [3.05, 3.63) is 24.3 Å². The highest BCUT2D eigenvalue weighted by Gasteiger charge is 2.24. The molecule has 144 valence electrons. The Morgan fingerprint density at radius 2 is 1.62 bits per heavy atom. The third kappa shape index (κ3) is 6.10. The van der Waals surface area contributed by atoms with Crippen molar-refractivity contribution in [2.75, 3.05) is 5.32 Å². The molecule has 1 atom stereocenters. The number of hydrogen-bond donors (Lipinski definition) is 3. The lowest BCUT2D eigenvalue weighted by atomic mass is 10.1. The summed E-state index contributed by atoms with van der Waals surface area (Å²) in [6.45, 7) is 2.91. The number of anilines is 1. The average Bonchev–Trinajstić information content (AvgIpc) is 2.83. The Kier molecular flexibility index (Phi) is 7.16. The fraction of sp³-hybridized carbons (Fsp3) is 0.556. The molecule has 0 spiro atoms. The number of hydrogen-bond acceptors (Lipinski definition) is 4. The van der Waals surface area contributed by atoms with Gasteiger partial charge in [-0.2, -0.15) is 4.72 Å². The fourth-order valence-corrected chi connectivity index (χ4v) is 4.23. The summed E-state index contributed by atoms with van der Waals surface area (Å²) in [6.07, 6.45) is 6.43. The Hall–Kier alpha value is -1.93. The maximum absolute atomic E-state index is 12.4. The van der Waals surface area contributed by atoms with E-state index < -0.39 is 16.1 Å². The molecule has 3 N–H and O–H groups in total. The summed E-state index contributed by atoms with van der Waals surface area (Å²) in [5, 5.41) is 5.52. The zero-order chi connectivity index (χ0) is 19.2. The summed E-state index contributed by atoms with van der Waals surface area (Å²) in [4.78, 5) is 23.4. The highest BCUT2D eigenvalue weighted by molar-refractivity contribution is 7.89. The number of nitrogens with one attached hydrogen (secondary N) is 3. The molecule has 2 rings (SSSR count). The van der Waals surface area contributed by atoms with Crippen molar-refractivity contribution in [3.63, 3.8) is 0 Å². The summed E-state index contributed by atoms with van der Waals surface area (Å²) in [5.41, 5.74) is 0.510. The van der Waals surface area contributed by atoms with Gasteiger partial charge in [0.1, 0.15) is 0 Å². The monoisotopic (exact) mass is 381 g/mol. The van der Waals surface area contributed by atoms with Crippen LogP contribution in [0.2, 0.25) is 0 Å². The molecule has 1 unspecified atom stereocenters. The summed E-state index contributed by atoms with van der Waals surface area (Å²) in [7, 11) is -3.82. The fourth-order valence-electron chi connectivity index (χ4n) is 3.02. The molecule has 0 radical (unpaired) electrons. The van der Waals surface area contributed by atoms with Crippen LogP contribution in [0.4, 0.5) is 5.69 Å². The van der Waals surface area contributed by atoms with Gasteiger partial charge in [-0.25, -0.2) is 8.42 Å². The van der Waals surface area contributed by atoms with Crippen LogP contribution in [-0.2, 0) is 19.6 Å². The van der Waals surface area contributed by atoms with Crippen LogP contribution in [0.15, 0.2) is 29.2 Å². The molecule has 1 fully saturated rings. The van der Waals surface area contributed by atoms with E-state index in [9.17, 15) is 18.0 Å². The Bertz CT molecular complexity index is 723. The van der Waals surface area contributed by atoms with Crippen LogP contribution in [0.5, 0.6) is 0 Å². The van der Waals surface area contributed by atoms with Gasteiger partial charge in [-0.05, 0) is 44.0 Å². The predicted octanol–water partition coefficient (Wildman–Crippen LogP) is 2.15. The van der Waals surface area contributed by atoms with Crippen molar-refractivity contribution in [3.8, 4) is 0 Å². The van der Waals surface area contributed by atoms with Crippen molar-refractivity contribution in [1.29, 1.82) is 0 Å². The van der Waals surface area contributed by atoms with Gasteiger partial charge in [-0.3, -0.25) is 9.59 Å². The molecule has 0 aromatic heterocycles. The summed E-state index contributed by atoms with van der Waals surface area (Å²) in [6, 6.07) is 5.05. The van der Waals surface area contributed by atoms with E-state index in [-0.39, 0.29) is 22.8 Å². The average molecular weight is 381 g/mol. The minimum atomic E-state index is -3.82. The molecule has 7 nitrogen and oxygen atoms in total. The van der Waals surface area contributed by atoms with Crippen molar-refractivity contribution in [1.82, 2.24) is 10.0 Å². The molecule has 0 heterocycles. The quantitative estimate of drug-likeness (QED) is 0.657. The molecule has 0 saturated heterocycles. The van der Waals surface area contributed by atoms with E-state index in [1.54, 1.807) is 0 Å². The smallest absolute Gasteiger partial charge is 0.241 e. The molecule has 2 amide bonds. The summed E-state index contributed by atoms with van der Waals surface area (Å²) < 4.78 is 27.3. The zero-order valence-electron chi connectivity index (χ0n) is 15.2. The second kappa shape index (κ2) is 9.14. The largest absolute Gasteiger partial charge is 0.352 e. The summed E-state index contributed by atoms with van der Waals surface area (Å²) in [5.74, 6) is -0.544. The topological polar surface area (TPSA) is 104 Å². The maximum Gasteiger partial charge on any atom is 0.241 e. The Morgan fingerprint density at radius 3 is 2.15 bits per heavy atom. The van der Waals surface area contributed by atoms with Crippen LogP contribution in [0, 0.1) is 0 Å². The third-order valence-corrected chi connectivity index (χ3v) is 5.97. The van der Waals surface area contributed by atoms with E-state index in [1.165, 1.54) is 51.0 Å². The van der Waals surface area contributed by atoms with Gasteiger partial charge in [0.05, 0.1) is 10.9 Å². The van der Waals surface area contributed by atoms with Crippen LogP contribution in [0.1, 0.15) is 52.4 Å². The predicted molar refractivity (Wildman–Crippen MR) is 100 cm³/mol. The lowest BCUT2D eigenvalue weighted by molar-refractivity contribution is -0.123. The van der Waals surface area contributed by atoms with E-state index in [0.29, 0.717) is 5.69 Å². The molecular weight excluding hydrogens is 354 g/mol. The Morgan fingerprint density at radius 1 is 1.04 bits per heavy atom. The van der Waals surface area contributed by atoms with Gasteiger partial charge in [-0.1, -0.05) is 25.7 Å². The minimum absolute atomic E-state index is 0.0423.